The molecule has 110 heavy (non-hydrogen) atoms. The maximum absolute atomic E-state index is 6.33. The Balaban J connectivity index is 0.000000119. The van der Waals surface area contributed by atoms with Crippen LogP contribution in [0, 0.1) is 0 Å². The highest BCUT2D eigenvalue weighted by Gasteiger charge is 2.52. The van der Waals surface area contributed by atoms with Crippen LogP contribution in [-0.4, -0.2) is 36.6 Å². The predicted molar refractivity (Wildman–Crippen MR) is 467 cm³/mol. The first-order valence-electron chi connectivity index (χ1n) is 37.7. The summed E-state index contributed by atoms with van der Waals surface area (Å²) in [6, 6.07) is 139. The molecule has 1 aliphatic heterocycles. The van der Waals surface area contributed by atoms with Crippen molar-refractivity contribution in [2.45, 2.75) is 38.9 Å². The minimum absolute atomic E-state index is 0.360. The first-order valence-corrected chi connectivity index (χ1v) is 38.5. The molecule has 16 aromatic carbocycles. The maximum Gasteiger partial charge on any atom is 0.494 e. The second kappa shape index (κ2) is 28.1. The van der Waals surface area contributed by atoms with Crippen LogP contribution in [0.25, 0.3) is 166 Å². The topological polar surface area (TPSA) is 38.2 Å². The van der Waals surface area contributed by atoms with Crippen LogP contribution in [0.3, 0.4) is 0 Å². The lowest BCUT2D eigenvalue weighted by molar-refractivity contribution is 0.00578. The molecule has 1 saturated heterocycles. The van der Waals surface area contributed by atoms with E-state index in [1.54, 1.807) is 0 Å². The van der Waals surface area contributed by atoms with Crippen molar-refractivity contribution in [3.8, 4) is 78.4 Å². The van der Waals surface area contributed by atoms with Crippen LogP contribution in [-0.2, 0) is 9.31 Å². The standard InChI is InChI=1S/C48H32N2.C30H28BNO2.C24H16BrN/c1-3-11-33(12-4-1)35-19-25-39(26-20-35)49-45-17-9-7-15-41(45)43-31-37(23-29-47(43)49)38-24-30-48-44(32-38)42-16-8-10-18-46(42)50(48)40-27-21-36(22-28-40)34-13-5-2-6-14-34;1-29(2)30(3,4)34-31(33-29)23-16-19-28-26(20-23)25-12-8-9-13-27(25)32(28)24-17-14-22(15-18-24)21-10-6-5-7-11-21;25-19-12-15-24-22(16-19)21-8-4-5-9-23(21)26(24)20-13-10-18(11-14-20)17-6-2-1-3-7-17/h1-32H;5-20H,1-4H3;1-16H. The maximum atomic E-state index is 6.33. The van der Waals surface area contributed by atoms with Gasteiger partial charge in [0.05, 0.1) is 55.3 Å². The number of rotatable bonds is 10. The summed E-state index contributed by atoms with van der Waals surface area (Å²) in [5.74, 6) is 0. The number of nitrogens with zero attached hydrogens (tertiary/aromatic N) is 4. The SMILES string of the molecule is Brc1ccc2c(c1)c1ccccc1n2-c1ccc(-c2ccccc2)cc1.CC1(C)OB(c2ccc3c(c2)c2ccccc2n3-c2ccc(-c3ccccc3)cc2)OC1(C)C.c1ccc(-c2ccc(-n3c4ccccc4c4cc(-c5ccc6c(c5)c5ccccc5n6-c5ccc(-c6ccccc6)cc5)ccc43)cc2)cc1. The van der Waals surface area contributed by atoms with Crippen molar-refractivity contribution in [3.63, 3.8) is 0 Å². The van der Waals surface area contributed by atoms with Crippen LogP contribution in [0.15, 0.2) is 393 Å². The summed E-state index contributed by atoms with van der Waals surface area (Å²) < 4.78 is 23.2. The van der Waals surface area contributed by atoms with E-state index in [0.717, 1.165) is 27.0 Å². The average Bonchev–Trinajstić information content (AvgIpc) is 1.58. The van der Waals surface area contributed by atoms with E-state index in [0.29, 0.717) is 0 Å². The smallest absolute Gasteiger partial charge is 0.399 e. The second-order valence-electron chi connectivity index (χ2n) is 29.6. The Labute approximate surface area is 648 Å². The number of benzene rings is 16. The second-order valence-corrected chi connectivity index (χ2v) is 30.5. The molecule has 1 aliphatic rings. The minimum atomic E-state index is -0.373. The van der Waals surface area contributed by atoms with Gasteiger partial charge in [-0.2, -0.15) is 0 Å². The van der Waals surface area contributed by atoms with Gasteiger partial charge in [-0.15, -0.1) is 0 Å². The molecular weight excluding hydrogens is 1400 g/mol. The molecule has 0 radical (unpaired) electrons. The first-order chi connectivity index (χ1) is 53.9. The highest BCUT2D eigenvalue weighted by molar-refractivity contribution is 9.10. The van der Waals surface area contributed by atoms with E-state index in [4.69, 9.17) is 9.31 Å². The molecular formula is C102H76BBrN4O2. The summed E-state index contributed by atoms with van der Waals surface area (Å²) in [4.78, 5) is 0. The lowest BCUT2D eigenvalue weighted by atomic mass is 9.78. The van der Waals surface area contributed by atoms with Crippen molar-refractivity contribution < 1.29 is 9.31 Å². The van der Waals surface area contributed by atoms with E-state index in [9.17, 15) is 0 Å². The highest BCUT2D eigenvalue weighted by atomic mass is 79.9. The van der Waals surface area contributed by atoms with Gasteiger partial charge in [-0.25, -0.2) is 0 Å². The van der Waals surface area contributed by atoms with Crippen molar-refractivity contribution in [1.82, 2.24) is 18.3 Å². The number of aromatic nitrogens is 4. The minimum Gasteiger partial charge on any atom is -0.399 e. The van der Waals surface area contributed by atoms with Gasteiger partial charge in [-0.1, -0.05) is 283 Å². The Morgan fingerprint density at radius 1 is 0.209 bits per heavy atom. The lowest BCUT2D eigenvalue weighted by Gasteiger charge is -2.32. The molecule has 0 unspecified atom stereocenters. The molecule has 4 aromatic heterocycles. The van der Waals surface area contributed by atoms with Gasteiger partial charge >= 0.3 is 7.12 Å². The van der Waals surface area contributed by atoms with Crippen LogP contribution in [0.5, 0.6) is 0 Å². The van der Waals surface area contributed by atoms with Gasteiger partial charge in [0.1, 0.15) is 0 Å². The van der Waals surface area contributed by atoms with E-state index in [1.807, 2.05) is 12.1 Å². The number of fused-ring (bicyclic) bond motifs is 12. The fraction of sp³-hybridized carbons (Fsp3) is 0.0588. The molecule has 8 heteroatoms. The normalized spacial score (nSPS) is 13.2. The Bertz CT molecular complexity index is 6590. The molecule has 21 rings (SSSR count). The van der Waals surface area contributed by atoms with Crippen LogP contribution in [0.4, 0.5) is 0 Å². The molecule has 526 valence electrons. The van der Waals surface area contributed by atoms with Crippen LogP contribution in [0.2, 0.25) is 0 Å². The number of hydrogen-bond donors (Lipinski definition) is 0. The number of halogens is 1. The molecule has 1 fully saturated rings. The molecule has 20 aromatic rings. The molecule has 0 aliphatic carbocycles. The summed E-state index contributed by atoms with van der Waals surface area (Å²) in [7, 11) is -0.373. The Morgan fingerprint density at radius 3 is 0.745 bits per heavy atom. The Hall–Kier alpha value is -12.8. The van der Waals surface area contributed by atoms with E-state index in [-0.39, 0.29) is 18.3 Å². The fourth-order valence-electron chi connectivity index (χ4n) is 16.2. The van der Waals surface area contributed by atoms with E-state index >= 15 is 0 Å². The highest BCUT2D eigenvalue weighted by Crippen LogP contribution is 2.42. The van der Waals surface area contributed by atoms with Gasteiger partial charge in [0, 0.05) is 70.3 Å². The lowest BCUT2D eigenvalue weighted by Crippen LogP contribution is -2.41. The number of para-hydroxylation sites is 4. The molecule has 0 atom stereocenters. The van der Waals surface area contributed by atoms with Crippen LogP contribution < -0.4 is 5.46 Å². The molecule has 5 heterocycles. The third-order valence-corrected chi connectivity index (χ3v) is 23.0. The Kier molecular flexibility index (Phi) is 17.3. The molecule has 0 amide bonds. The van der Waals surface area contributed by atoms with Crippen molar-refractivity contribution >= 4 is 116 Å². The summed E-state index contributed by atoms with van der Waals surface area (Å²) in [5, 5.41) is 10.00. The zero-order valence-corrected chi connectivity index (χ0v) is 63.1. The largest absolute Gasteiger partial charge is 0.494 e. The van der Waals surface area contributed by atoms with Crippen molar-refractivity contribution in [2.24, 2.45) is 0 Å². The van der Waals surface area contributed by atoms with Crippen LogP contribution >= 0.6 is 15.9 Å². The van der Waals surface area contributed by atoms with E-state index in [1.165, 1.54) is 149 Å². The number of hydrogen-bond acceptors (Lipinski definition) is 2. The average molecular weight is 1480 g/mol. The molecule has 0 N–H and O–H groups in total. The first kappa shape index (κ1) is 67.8. The van der Waals surface area contributed by atoms with Gasteiger partial charge in [-0.05, 0) is 210 Å². The molecule has 0 saturated carbocycles. The molecule has 0 bridgehead atoms. The third-order valence-electron chi connectivity index (χ3n) is 22.5. The third kappa shape index (κ3) is 12.3. The summed E-state index contributed by atoms with van der Waals surface area (Å²) >= 11 is 3.61. The molecule has 6 nitrogen and oxygen atoms in total. The van der Waals surface area contributed by atoms with E-state index < -0.39 is 0 Å². The quantitative estimate of drug-likeness (QED) is 0.128. The van der Waals surface area contributed by atoms with Crippen LogP contribution in [0.1, 0.15) is 27.7 Å². The zero-order valence-electron chi connectivity index (χ0n) is 61.5. The fourth-order valence-corrected chi connectivity index (χ4v) is 16.6. The summed E-state index contributed by atoms with van der Waals surface area (Å²) in [6.45, 7) is 8.38. The van der Waals surface area contributed by atoms with E-state index in [2.05, 4.69) is 438 Å². The van der Waals surface area contributed by atoms with Gasteiger partial charge in [0.15, 0.2) is 0 Å². The van der Waals surface area contributed by atoms with Crippen molar-refractivity contribution in [1.29, 1.82) is 0 Å². The van der Waals surface area contributed by atoms with Gasteiger partial charge in [0.25, 0.3) is 0 Å². The van der Waals surface area contributed by atoms with Gasteiger partial charge in [-0.3, -0.25) is 0 Å². The van der Waals surface area contributed by atoms with Crippen molar-refractivity contribution in [2.75, 3.05) is 0 Å². The Morgan fingerprint density at radius 2 is 0.436 bits per heavy atom. The summed E-state index contributed by atoms with van der Waals surface area (Å²) in [5.41, 5.74) is 26.9. The molecule has 0 spiro atoms. The predicted octanol–water partition coefficient (Wildman–Crippen LogP) is 26.8. The monoisotopic (exact) mass is 1480 g/mol. The zero-order chi connectivity index (χ0) is 74.0. The van der Waals surface area contributed by atoms with Gasteiger partial charge in [0.2, 0.25) is 0 Å². The summed E-state index contributed by atoms with van der Waals surface area (Å²) in [6.07, 6.45) is 0. The van der Waals surface area contributed by atoms with Gasteiger partial charge < -0.3 is 27.6 Å². The van der Waals surface area contributed by atoms with Crippen molar-refractivity contribution in [3.05, 3.63) is 393 Å².